The summed E-state index contributed by atoms with van der Waals surface area (Å²) in [7, 11) is 0. The van der Waals surface area contributed by atoms with Crippen LogP contribution in [0.25, 0.3) is 33.4 Å². The lowest BCUT2D eigenvalue weighted by Crippen LogP contribution is -1.81. The Hall–Kier alpha value is -2.88. The molecule has 2 aromatic heterocycles. The van der Waals surface area contributed by atoms with Gasteiger partial charge in [0.15, 0.2) is 0 Å². The third kappa shape index (κ3) is 2.19. The van der Waals surface area contributed by atoms with Crippen molar-refractivity contribution in [3.63, 3.8) is 0 Å². The van der Waals surface area contributed by atoms with Crippen molar-refractivity contribution in [3.05, 3.63) is 60.3 Å². The van der Waals surface area contributed by atoms with Gasteiger partial charge in [-0.2, -0.15) is 0 Å². The van der Waals surface area contributed by atoms with Crippen molar-refractivity contribution in [1.82, 2.24) is 19.9 Å². The summed E-state index contributed by atoms with van der Waals surface area (Å²) in [4.78, 5) is 15.2. The molecule has 0 aliphatic heterocycles. The van der Waals surface area contributed by atoms with Gasteiger partial charge in [-0.05, 0) is 42.7 Å². The molecule has 0 spiro atoms. The molecule has 0 atom stereocenters. The maximum absolute atomic E-state index is 4.50. The Morgan fingerprint density at radius 1 is 0.773 bits per heavy atom. The fraction of sp³-hybridized carbons (Fsp3) is 0.111. The molecular weight excluding hydrogens is 272 g/mol. The smallest absolute Gasteiger partial charge is 0.104 e. The molecule has 4 nitrogen and oxygen atoms in total. The van der Waals surface area contributed by atoms with Crippen molar-refractivity contribution >= 4 is 11.0 Å². The Morgan fingerprint density at radius 3 is 2.23 bits per heavy atom. The van der Waals surface area contributed by atoms with Gasteiger partial charge >= 0.3 is 0 Å². The van der Waals surface area contributed by atoms with E-state index in [0.717, 1.165) is 33.9 Å². The third-order valence-corrected chi connectivity index (χ3v) is 3.83. The lowest BCUT2D eigenvalue weighted by molar-refractivity contribution is 1.15. The van der Waals surface area contributed by atoms with Crippen LogP contribution in [0.15, 0.2) is 48.7 Å². The summed E-state index contributed by atoms with van der Waals surface area (Å²) in [5, 5.41) is 0. The molecule has 0 bridgehead atoms. The monoisotopic (exact) mass is 288 g/mol. The molecule has 0 aliphatic carbocycles. The molecule has 0 fully saturated rings. The highest BCUT2D eigenvalue weighted by Crippen LogP contribution is 2.26. The number of H-pyrrole nitrogens is 2. The second-order valence-electron chi connectivity index (χ2n) is 5.51. The molecule has 0 aliphatic rings. The number of benzene rings is 2. The van der Waals surface area contributed by atoms with Crippen LogP contribution in [0.3, 0.4) is 0 Å². The van der Waals surface area contributed by atoms with Crippen LogP contribution in [0.4, 0.5) is 0 Å². The molecule has 4 aromatic rings. The molecule has 108 valence electrons. The van der Waals surface area contributed by atoms with Crippen LogP contribution >= 0.6 is 0 Å². The SMILES string of the molecule is Cc1ncc(-c2ccc(-c3ccc4[nH]c(C)nc4c3)cc2)[nH]1. The Kier molecular flexibility index (Phi) is 2.82. The predicted octanol–water partition coefficient (Wildman–Crippen LogP) is 4.24. The van der Waals surface area contributed by atoms with Crippen molar-refractivity contribution in [3.8, 4) is 22.4 Å². The number of aromatic amines is 2. The maximum Gasteiger partial charge on any atom is 0.104 e. The van der Waals surface area contributed by atoms with Crippen LogP contribution in [0.1, 0.15) is 11.6 Å². The van der Waals surface area contributed by atoms with Gasteiger partial charge in [-0.3, -0.25) is 0 Å². The van der Waals surface area contributed by atoms with Gasteiger partial charge in [-0.25, -0.2) is 9.97 Å². The van der Waals surface area contributed by atoms with E-state index in [9.17, 15) is 0 Å². The van der Waals surface area contributed by atoms with Crippen molar-refractivity contribution < 1.29 is 0 Å². The number of fused-ring (bicyclic) bond motifs is 1. The molecule has 2 heterocycles. The van der Waals surface area contributed by atoms with Crippen LogP contribution < -0.4 is 0 Å². The first-order chi connectivity index (χ1) is 10.7. The molecule has 22 heavy (non-hydrogen) atoms. The number of nitrogens with one attached hydrogen (secondary N) is 2. The molecular formula is C18H16N4. The maximum atomic E-state index is 4.50. The van der Waals surface area contributed by atoms with E-state index in [4.69, 9.17) is 0 Å². The van der Waals surface area contributed by atoms with Crippen molar-refractivity contribution in [2.75, 3.05) is 0 Å². The molecule has 4 rings (SSSR count). The molecule has 0 saturated heterocycles. The standard InChI is InChI=1S/C18H16N4/c1-11-19-10-18(20-11)14-5-3-13(4-6-14)15-7-8-16-17(9-15)22-12(2)21-16/h3-10H,1-2H3,(H,19,20)(H,21,22). The second kappa shape index (κ2) is 4.84. The Labute approximate surface area is 128 Å². The highest BCUT2D eigenvalue weighted by molar-refractivity contribution is 5.82. The van der Waals surface area contributed by atoms with Gasteiger partial charge in [-0.1, -0.05) is 30.3 Å². The summed E-state index contributed by atoms with van der Waals surface area (Å²) in [6.07, 6.45) is 1.86. The first kappa shape index (κ1) is 12.8. The van der Waals surface area contributed by atoms with Gasteiger partial charge in [0.25, 0.3) is 0 Å². The molecule has 4 heteroatoms. The zero-order chi connectivity index (χ0) is 15.1. The largest absolute Gasteiger partial charge is 0.342 e. The zero-order valence-corrected chi connectivity index (χ0v) is 12.5. The van der Waals surface area contributed by atoms with E-state index in [1.54, 1.807) is 0 Å². The van der Waals surface area contributed by atoms with Gasteiger partial charge in [0.1, 0.15) is 11.6 Å². The average molecular weight is 288 g/mol. The van der Waals surface area contributed by atoms with E-state index >= 15 is 0 Å². The van der Waals surface area contributed by atoms with Crippen LogP contribution in [-0.2, 0) is 0 Å². The first-order valence-corrected chi connectivity index (χ1v) is 7.28. The third-order valence-electron chi connectivity index (χ3n) is 3.83. The fourth-order valence-corrected chi connectivity index (χ4v) is 2.72. The summed E-state index contributed by atoms with van der Waals surface area (Å²) >= 11 is 0. The minimum absolute atomic E-state index is 0.929. The number of rotatable bonds is 2. The van der Waals surface area contributed by atoms with E-state index in [-0.39, 0.29) is 0 Å². The molecule has 2 N–H and O–H groups in total. The van der Waals surface area contributed by atoms with E-state index in [2.05, 4.69) is 62.4 Å². The van der Waals surface area contributed by atoms with Gasteiger partial charge in [-0.15, -0.1) is 0 Å². The fourth-order valence-electron chi connectivity index (χ4n) is 2.72. The van der Waals surface area contributed by atoms with Crippen molar-refractivity contribution in [2.24, 2.45) is 0 Å². The van der Waals surface area contributed by atoms with Crippen molar-refractivity contribution in [2.45, 2.75) is 13.8 Å². The number of aromatic nitrogens is 4. The van der Waals surface area contributed by atoms with Crippen LogP contribution in [0.2, 0.25) is 0 Å². The molecule has 0 saturated carbocycles. The normalized spacial score (nSPS) is 11.2. The highest BCUT2D eigenvalue weighted by atomic mass is 14.9. The van der Waals surface area contributed by atoms with Gasteiger partial charge in [0, 0.05) is 0 Å². The van der Waals surface area contributed by atoms with Crippen LogP contribution in [0.5, 0.6) is 0 Å². The molecule has 0 radical (unpaired) electrons. The summed E-state index contributed by atoms with van der Waals surface area (Å²) in [5.41, 5.74) is 6.62. The molecule has 2 aromatic carbocycles. The van der Waals surface area contributed by atoms with Crippen LogP contribution in [0, 0.1) is 13.8 Å². The summed E-state index contributed by atoms with van der Waals surface area (Å²) in [6.45, 7) is 3.93. The second-order valence-corrected chi connectivity index (χ2v) is 5.51. The summed E-state index contributed by atoms with van der Waals surface area (Å²) in [6, 6.07) is 14.8. The molecule has 0 unspecified atom stereocenters. The molecule has 0 amide bonds. The summed E-state index contributed by atoms with van der Waals surface area (Å²) < 4.78 is 0. The van der Waals surface area contributed by atoms with E-state index in [1.807, 2.05) is 20.0 Å². The zero-order valence-electron chi connectivity index (χ0n) is 12.5. The summed E-state index contributed by atoms with van der Waals surface area (Å²) in [5.74, 6) is 1.87. The number of imidazole rings is 2. The Bertz CT molecular complexity index is 945. The quantitative estimate of drug-likeness (QED) is 0.579. The van der Waals surface area contributed by atoms with Gasteiger partial charge in [0.05, 0.1) is 22.9 Å². The Morgan fingerprint density at radius 2 is 1.50 bits per heavy atom. The van der Waals surface area contributed by atoms with E-state index in [0.29, 0.717) is 0 Å². The number of aryl methyl sites for hydroxylation is 2. The Balaban J connectivity index is 1.72. The van der Waals surface area contributed by atoms with E-state index in [1.165, 1.54) is 11.1 Å². The number of hydrogen-bond acceptors (Lipinski definition) is 2. The predicted molar refractivity (Wildman–Crippen MR) is 88.6 cm³/mol. The average Bonchev–Trinajstić information content (AvgIpc) is 3.11. The lowest BCUT2D eigenvalue weighted by Gasteiger charge is -2.03. The first-order valence-electron chi connectivity index (χ1n) is 7.28. The topological polar surface area (TPSA) is 57.4 Å². The number of nitrogens with zero attached hydrogens (tertiary/aromatic N) is 2. The van der Waals surface area contributed by atoms with Crippen molar-refractivity contribution in [1.29, 1.82) is 0 Å². The van der Waals surface area contributed by atoms with Crippen LogP contribution in [-0.4, -0.2) is 19.9 Å². The minimum atomic E-state index is 0.929. The van der Waals surface area contributed by atoms with E-state index < -0.39 is 0 Å². The van der Waals surface area contributed by atoms with Gasteiger partial charge in [0.2, 0.25) is 0 Å². The number of hydrogen-bond donors (Lipinski definition) is 2. The minimum Gasteiger partial charge on any atom is -0.342 e. The van der Waals surface area contributed by atoms with Gasteiger partial charge < -0.3 is 9.97 Å². The highest BCUT2D eigenvalue weighted by Gasteiger charge is 2.05. The lowest BCUT2D eigenvalue weighted by atomic mass is 10.0.